The number of carbonyl (C=O) groups excluding carboxylic acids is 2. The van der Waals surface area contributed by atoms with E-state index in [0.717, 1.165) is 28.1 Å². The Hall–Kier alpha value is -4.42. The minimum Gasteiger partial charge on any atom is -0.480 e. The Balaban J connectivity index is 1.43. The van der Waals surface area contributed by atoms with E-state index in [9.17, 15) is 27.9 Å². The fourth-order valence-corrected chi connectivity index (χ4v) is 7.10. The number of carbonyl (C=O) groups is 3. The number of amides is 2. The smallest absolute Gasteiger partial charge is 0.328 e. The minimum atomic E-state index is -2.91. The van der Waals surface area contributed by atoms with E-state index in [0.29, 0.717) is 24.1 Å². The Bertz CT molecular complexity index is 1690. The van der Waals surface area contributed by atoms with Crippen molar-refractivity contribution in [2.24, 2.45) is 21.2 Å². The quantitative estimate of drug-likeness (QED) is 0.260. The van der Waals surface area contributed by atoms with Gasteiger partial charge in [-0.3, -0.25) is 14.6 Å². The summed E-state index contributed by atoms with van der Waals surface area (Å²) in [6.45, 7) is 4.12. The molecule has 1 heterocycles. The van der Waals surface area contributed by atoms with E-state index >= 15 is 0 Å². The van der Waals surface area contributed by atoms with Crippen molar-refractivity contribution in [3.05, 3.63) is 84.2 Å². The first kappa shape index (κ1) is 31.0. The molecule has 2 aromatic carbocycles. The Morgan fingerprint density at radius 3 is 2.43 bits per heavy atom. The minimum absolute atomic E-state index is 0.00940. The molecular formula is C32H35N5O6S. The van der Waals surface area contributed by atoms with E-state index in [1.54, 1.807) is 42.7 Å². The largest absolute Gasteiger partial charge is 0.480 e. The molecule has 2 amide bonds. The number of urea groups is 1. The van der Waals surface area contributed by atoms with Gasteiger partial charge in [-0.25, -0.2) is 4.79 Å². The lowest BCUT2D eigenvalue weighted by Crippen LogP contribution is -2.49. The zero-order chi connectivity index (χ0) is 31.5. The lowest BCUT2D eigenvalue weighted by Gasteiger charge is -2.40. The van der Waals surface area contributed by atoms with Crippen LogP contribution in [0.25, 0.3) is 11.1 Å². The van der Waals surface area contributed by atoms with E-state index in [4.69, 9.17) is 0 Å². The molecule has 0 spiro atoms. The average molecular weight is 618 g/mol. The van der Waals surface area contributed by atoms with Gasteiger partial charge >= 0.3 is 22.5 Å². The summed E-state index contributed by atoms with van der Waals surface area (Å²) in [6.07, 6.45) is 5.09. The van der Waals surface area contributed by atoms with Gasteiger partial charge in [0.05, 0.1) is 5.69 Å². The van der Waals surface area contributed by atoms with Gasteiger partial charge in [0.1, 0.15) is 11.8 Å². The van der Waals surface area contributed by atoms with Crippen molar-refractivity contribution in [3.63, 3.8) is 0 Å². The molecule has 0 aliphatic heterocycles. The number of fused-ring (bicyclic) bond motifs is 2. The standard InChI is InChI=1S/C32H35N5O6S/c1-31-13-10-24(18-28(31)38)32(31,2)20-37(36-44(42)43)27(29(39)40)17-22-8-9-25(23-6-4-3-5-7-23)26(16-22)35-30(41)34-19-21-11-14-33-15-12-21/h3-9,11-12,14-16,24,27H,10,13,17-20H2,1-2H3,(H,39,40)(H2,34,35,41)/t24-,27-,31+,32-/m0/s1. The molecule has 3 aromatic rings. The van der Waals surface area contributed by atoms with Gasteiger partial charge in [-0.05, 0) is 59.1 Å². The van der Waals surface area contributed by atoms with Crippen molar-refractivity contribution < 1.29 is 27.9 Å². The Morgan fingerprint density at radius 2 is 1.82 bits per heavy atom. The predicted molar refractivity (Wildman–Crippen MR) is 164 cm³/mol. The molecule has 0 unspecified atom stereocenters. The van der Waals surface area contributed by atoms with Crippen molar-refractivity contribution in [2.45, 2.75) is 52.1 Å². The third-order valence-corrected chi connectivity index (χ3v) is 9.90. The Labute approximate surface area is 257 Å². The van der Waals surface area contributed by atoms with Crippen LogP contribution in [-0.2, 0) is 33.1 Å². The number of anilines is 1. The number of ketones is 1. The van der Waals surface area contributed by atoms with Gasteiger partial charge < -0.3 is 15.7 Å². The number of aliphatic carboxylic acids is 1. The number of nitrogens with zero attached hydrogens (tertiary/aromatic N) is 3. The summed E-state index contributed by atoms with van der Waals surface area (Å²) >= 11 is 0. The van der Waals surface area contributed by atoms with Crippen LogP contribution in [0.1, 0.15) is 44.2 Å². The molecule has 3 N–H and O–H groups in total. The van der Waals surface area contributed by atoms with Gasteiger partial charge in [-0.2, -0.15) is 13.4 Å². The molecule has 2 aliphatic rings. The zero-order valence-corrected chi connectivity index (χ0v) is 25.4. The second kappa shape index (κ2) is 12.7. The summed E-state index contributed by atoms with van der Waals surface area (Å²) in [5, 5.41) is 17.1. The lowest BCUT2D eigenvalue weighted by atomic mass is 9.68. The third-order valence-electron chi connectivity index (χ3n) is 9.56. The molecule has 5 rings (SSSR count). The lowest BCUT2D eigenvalue weighted by molar-refractivity contribution is -0.144. The van der Waals surface area contributed by atoms with Crippen LogP contribution in [0.3, 0.4) is 0 Å². The van der Waals surface area contributed by atoms with Gasteiger partial charge in [0.25, 0.3) is 0 Å². The first-order valence-corrected chi connectivity index (χ1v) is 15.5. The summed E-state index contributed by atoms with van der Waals surface area (Å²) in [6, 6.07) is 16.5. The number of rotatable bonds is 11. The molecule has 1 aromatic heterocycles. The molecule has 2 bridgehead atoms. The Kier molecular flexibility index (Phi) is 8.93. The summed E-state index contributed by atoms with van der Waals surface area (Å²) in [7, 11) is -2.91. The van der Waals surface area contributed by atoms with E-state index in [2.05, 4.69) is 20.1 Å². The van der Waals surface area contributed by atoms with Gasteiger partial charge in [0.2, 0.25) is 0 Å². The average Bonchev–Trinajstić information content (AvgIpc) is 3.34. The van der Waals surface area contributed by atoms with Crippen LogP contribution in [0.5, 0.6) is 0 Å². The highest BCUT2D eigenvalue weighted by atomic mass is 32.2. The fraction of sp³-hybridized carbons (Fsp3) is 0.375. The molecule has 4 atom stereocenters. The number of aromatic nitrogens is 1. The van der Waals surface area contributed by atoms with Gasteiger partial charge in [-0.15, -0.1) is 0 Å². The maximum Gasteiger partial charge on any atom is 0.328 e. The normalized spacial score (nSPS) is 22.9. The summed E-state index contributed by atoms with van der Waals surface area (Å²) < 4.78 is 27.3. The number of nitrogens with one attached hydrogen (secondary N) is 2. The van der Waals surface area contributed by atoms with E-state index < -0.39 is 39.4 Å². The number of hydrogen-bond acceptors (Lipinski definition) is 7. The number of hydrogen-bond donors (Lipinski definition) is 3. The predicted octanol–water partition coefficient (Wildman–Crippen LogP) is 4.74. The molecule has 2 aliphatic carbocycles. The van der Waals surface area contributed by atoms with Crippen LogP contribution in [0.15, 0.2) is 77.5 Å². The van der Waals surface area contributed by atoms with Crippen molar-refractivity contribution in [1.29, 1.82) is 0 Å². The molecule has 0 radical (unpaired) electrons. The highest BCUT2D eigenvalue weighted by molar-refractivity contribution is 7.61. The van der Waals surface area contributed by atoms with Crippen molar-refractivity contribution in [3.8, 4) is 11.1 Å². The van der Waals surface area contributed by atoms with Crippen molar-refractivity contribution in [1.82, 2.24) is 15.3 Å². The first-order chi connectivity index (χ1) is 21.0. The monoisotopic (exact) mass is 617 g/mol. The maximum atomic E-state index is 12.9. The molecule has 230 valence electrons. The van der Waals surface area contributed by atoms with Crippen LogP contribution < -0.4 is 10.6 Å². The SMILES string of the molecule is C[C@]1(CN(N=S(=O)=O)[C@@H](Cc2ccc(-c3ccccc3)c(NC(=O)NCc3ccncc3)c2)C(=O)O)[C@H]2CC[C@]1(C)C(=O)C2. The highest BCUT2D eigenvalue weighted by Gasteiger charge is 2.64. The molecule has 44 heavy (non-hydrogen) atoms. The Morgan fingerprint density at radius 1 is 1.09 bits per heavy atom. The second-order valence-electron chi connectivity index (χ2n) is 12.0. The van der Waals surface area contributed by atoms with Gasteiger partial charge in [0.15, 0.2) is 0 Å². The molecule has 0 saturated heterocycles. The molecule has 2 saturated carbocycles. The van der Waals surface area contributed by atoms with Crippen molar-refractivity contribution >= 4 is 34.0 Å². The summed E-state index contributed by atoms with van der Waals surface area (Å²) in [5.74, 6) is -1.10. The molecular weight excluding hydrogens is 582 g/mol. The van der Waals surface area contributed by atoms with Crippen molar-refractivity contribution in [2.75, 3.05) is 11.9 Å². The molecule has 12 heteroatoms. The molecule has 2 fully saturated rings. The maximum absolute atomic E-state index is 12.9. The number of Topliss-reactive ketones (excluding diaryl/α,β-unsaturated/α-hetero) is 1. The van der Waals surface area contributed by atoms with Crippen LogP contribution >= 0.6 is 0 Å². The number of carboxylic acid groups (broad SMARTS) is 1. The van der Waals surface area contributed by atoms with Gasteiger partial charge in [0, 0.05) is 49.3 Å². The second-order valence-corrected chi connectivity index (χ2v) is 12.6. The number of pyridine rings is 1. The van der Waals surface area contributed by atoms with E-state index in [1.807, 2.05) is 44.2 Å². The van der Waals surface area contributed by atoms with Crippen LogP contribution in [0.4, 0.5) is 10.5 Å². The molecule has 11 nitrogen and oxygen atoms in total. The first-order valence-electron chi connectivity index (χ1n) is 14.5. The fourth-order valence-electron chi connectivity index (χ4n) is 6.76. The van der Waals surface area contributed by atoms with Crippen LogP contribution in [-0.4, -0.2) is 53.9 Å². The number of carboxylic acids is 1. The van der Waals surface area contributed by atoms with Crippen LogP contribution in [0.2, 0.25) is 0 Å². The van der Waals surface area contributed by atoms with Crippen LogP contribution in [0, 0.1) is 16.7 Å². The number of benzene rings is 2. The van der Waals surface area contributed by atoms with E-state index in [-0.39, 0.29) is 31.2 Å². The summed E-state index contributed by atoms with van der Waals surface area (Å²) in [5.41, 5.74) is 2.16. The zero-order valence-electron chi connectivity index (χ0n) is 24.6. The third kappa shape index (κ3) is 6.27. The highest BCUT2D eigenvalue weighted by Crippen LogP contribution is 2.64. The summed E-state index contributed by atoms with van der Waals surface area (Å²) in [4.78, 5) is 42.4. The topological polar surface area (TPSA) is 158 Å². The van der Waals surface area contributed by atoms with E-state index in [1.165, 1.54) is 0 Å². The van der Waals surface area contributed by atoms with Gasteiger partial charge in [-0.1, -0.05) is 60.8 Å².